The van der Waals surface area contributed by atoms with Gasteiger partial charge in [-0.3, -0.25) is 0 Å². The molecule has 1 aromatic heterocycles. The minimum atomic E-state index is 0.0866. The maximum atomic E-state index is 5.97. The molecule has 1 saturated heterocycles. The lowest BCUT2D eigenvalue weighted by Crippen LogP contribution is -2.12. The molecule has 21 heavy (non-hydrogen) atoms. The van der Waals surface area contributed by atoms with E-state index in [2.05, 4.69) is 25.2 Å². The molecule has 1 N–H and O–H groups in total. The fraction of sp³-hybridized carbons (Fsp3) is 0.765. The molecule has 1 aromatic rings. The van der Waals surface area contributed by atoms with Crippen LogP contribution in [0.15, 0.2) is 6.07 Å². The Kier molecular flexibility index (Phi) is 4.73. The van der Waals surface area contributed by atoms with E-state index in [1.807, 2.05) is 0 Å². The van der Waals surface area contributed by atoms with Crippen LogP contribution in [0.5, 0.6) is 0 Å². The molecule has 2 heterocycles. The van der Waals surface area contributed by atoms with Gasteiger partial charge in [-0.15, -0.1) is 0 Å². The quantitative estimate of drug-likeness (QED) is 0.882. The highest BCUT2D eigenvalue weighted by atomic mass is 16.5. The smallest absolute Gasteiger partial charge is 0.159 e. The van der Waals surface area contributed by atoms with Crippen molar-refractivity contribution < 1.29 is 4.74 Å². The summed E-state index contributed by atoms with van der Waals surface area (Å²) in [5.41, 5.74) is 1.22. The zero-order chi connectivity index (χ0) is 14.7. The van der Waals surface area contributed by atoms with Crippen LogP contribution in [0.4, 0.5) is 5.82 Å². The average Bonchev–Trinajstić information content (AvgIpc) is 3.16. The van der Waals surface area contributed by atoms with Crippen molar-refractivity contribution in [3.05, 3.63) is 17.6 Å². The molecule has 3 rings (SSSR count). The summed E-state index contributed by atoms with van der Waals surface area (Å²) >= 11 is 0. The van der Waals surface area contributed by atoms with E-state index in [-0.39, 0.29) is 6.10 Å². The molecule has 2 atom stereocenters. The monoisotopic (exact) mass is 289 g/mol. The second-order valence-electron chi connectivity index (χ2n) is 6.46. The van der Waals surface area contributed by atoms with Gasteiger partial charge in [0, 0.05) is 24.2 Å². The Hall–Kier alpha value is -1.16. The number of nitrogens with one attached hydrogen (secondary N) is 1. The molecule has 0 aromatic carbocycles. The molecule has 1 aliphatic heterocycles. The number of hydrogen-bond acceptors (Lipinski definition) is 4. The summed E-state index contributed by atoms with van der Waals surface area (Å²) in [7, 11) is 0. The fourth-order valence-corrected chi connectivity index (χ4v) is 3.40. The first-order valence-electron chi connectivity index (χ1n) is 8.54. The van der Waals surface area contributed by atoms with E-state index in [9.17, 15) is 0 Å². The molecule has 0 spiro atoms. The van der Waals surface area contributed by atoms with Crippen LogP contribution in [0.1, 0.15) is 82.3 Å². The molecule has 0 amide bonds. The van der Waals surface area contributed by atoms with Crippen LogP contribution in [0, 0.1) is 0 Å². The lowest BCUT2D eigenvalue weighted by molar-refractivity contribution is 0.0502. The summed E-state index contributed by atoms with van der Waals surface area (Å²) in [5, 5.41) is 3.43. The van der Waals surface area contributed by atoms with Gasteiger partial charge in [-0.05, 0) is 39.0 Å². The van der Waals surface area contributed by atoms with E-state index < -0.39 is 0 Å². The maximum Gasteiger partial charge on any atom is 0.159 e. The standard InChI is InChI=1S/C17H27N3O/c1-3-10-18-16-11-14(13-6-4-5-7-13)19-17(20-16)15-9-8-12(2)21-15/h11-13,15H,3-10H2,1-2H3,(H,18,19,20). The van der Waals surface area contributed by atoms with Crippen molar-refractivity contribution in [3.8, 4) is 0 Å². The van der Waals surface area contributed by atoms with Gasteiger partial charge in [0.15, 0.2) is 5.82 Å². The molecule has 0 bridgehead atoms. The molecular formula is C17H27N3O. The zero-order valence-corrected chi connectivity index (χ0v) is 13.3. The Balaban J connectivity index is 1.84. The van der Waals surface area contributed by atoms with Crippen molar-refractivity contribution >= 4 is 5.82 Å². The largest absolute Gasteiger partial charge is 0.370 e. The second kappa shape index (κ2) is 6.73. The number of nitrogens with zero attached hydrogens (tertiary/aromatic N) is 2. The number of aromatic nitrogens is 2. The molecule has 4 nitrogen and oxygen atoms in total. The third-order valence-electron chi connectivity index (χ3n) is 4.61. The van der Waals surface area contributed by atoms with Crippen LogP contribution in [0.25, 0.3) is 0 Å². The van der Waals surface area contributed by atoms with E-state index in [0.29, 0.717) is 12.0 Å². The van der Waals surface area contributed by atoms with Gasteiger partial charge in [0.1, 0.15) is 11.9 Å². The number of rotatable bonds is 5. The normalized spacial score (nSPS) is 26.4. The molecule has 2 aliphatic rings. The van der Waals surface area contributed by atoms with Gasteiger partial charge in [-0.2, -0.15) is 0 Å². The van der Waals surface area contributed by atoms with Crippen LogP contribution in [0.3, 0.4) is 0 Å². The van der Waals surface area contributed by atoms with Gasteiger partial charge in [0.2, 0.25) is 0 Å². The summed E-state index contributed by atoms with van der Waals surface area (Å²) in [6.45, 7) is 5.27. The molecule has 0 radical (unpaired) electrons. The van der Waals surface area contributed by atoms with Crippen molar-refractivity contribution in [1.82, 2.24) is 9.97 Å². The van der Waals surface area contributed by atoms with E-state index in [4.69, 9.17) is 14.7 Å². The summed E-state index contributed by atoms with van der Waals surface area (Å²) in [4.78, 5) is 9.58. The van der Waals surface area contributed by atoms with Crippen molar-refractivity contribution in [1.29, 1.82) is 0 Å². The van der Waals surface area contributed by atoms with Gasteiger partial charge in [-0.1, -0.05) is 19.8 Å². The first-order valence-corrected chi connectivity index (χ1v) is 8.54. The summed E-state index contributed by atoms with van der Waals surface area (Å²) < 4.78 is 5.97. The lowest BCUT2D eigenvalue weighted by atomic mass is 10.0. The number of anilines is 1. The summed E-state index contributed by atoms with van der Waals surface area (Å²) in [6.07, 6.45) is 8.88. The molecule has 1 saturated carbocycles. The summed E-state index contributed by atoms with van der Waals surface area (Å²) in [5.74, 6) is 2.49. The molecule has 4 heteroatoms. The third-order valence-corrected chi connectivity index (χ3v) is 4.61. The van der Waals surface area contributed by atoms with Gasteiger partial charge in [-0.25, -0.2) is 9.97 Å². The van der Waals surface area contributed by atoms with E-state index in [0.717, 1.165) is 37.4 Å². The second-order valence-corrected chi connectivity index (χ2v) is 6.46. The fourth-order valence-electron chi connectivity index (χ4n) is 3.40. The first-order chi connectivity index (χ1) is 10.3. The first kappa shape index (κ1) is 14.8. The van der Waals surface area contributed by atoms with Gasteiger partial charge in [0.25, 0.3) is 0 Å². The van der Waals surface area contributed by atoms with Crippen LogP contribution in [0.2, 0.25) is 0 Å². The van der Waals surface area contributed by atoms with Gasteiger partial charge >= 0.3 is 0 Å². The van der Waals surface area contributed by atoms with Crippen molar-refractivity contribution in [2.45, 2.75) is 76.9 Å². The van der Waals surface area contributed by atoms with E-state index >= 15 is 0 Å². The van der Waals surface area contributed by atoms with E-state index in [1.165, 1.54) is 31.4 Å². The highest BCUT2D eigenvalue weighted by Gasteiger charge is 2.28. The minimum absolute atomic E-state index is 0.0866. The minimum Gasteiger partial charge on any atom is -0.370 e. The molecule has 2 unspecified atom stereocenters. The number of hydrogen-bond donors (Lipinski definition) is 1. The lowest BCUT2D eigenvalue weighted by Gasteiger charge is -2.16. The van der Waals surface area contributed by atoms with Crippen LogP contribution >= 0.6 is 0 Å². The van der Waals surface area contributed by atoms with Gasteiger partial charge < -0.3 is 10.1 Å². The third kappa shape index (κ3) is 3.54. The highest BCUT2D eigenvalue weighted by molar-refractivity contribution is 5.37. The molecule has 1 aliphatic carbocycles. The SMILES string of the molecule is CCCNc1cc(C2CCCC2)nc(C2CCC(C)O2)n1. The Morgan fingerprint density at radius 3 is 2.67 bits per heavy atom. The Bertz CT molecular complexity index is 471. The van der Waals surface area contributed by atoms with Crippen LogP contribution in [-0.4, -0.2) is 22.6 Å². The van der Waals surface area contributed by atoms with Gasteiger partial charge in [0.05, 0.1) is 6.10 Å². The van der Waals surface area contributed by atoms with E-state index in [1.54, 1.807) is 0 Å². The van der Waals surface area contributed by atoms with Crippen LogP contribution < -0.4 is 5.32 Å². The highest BCUT2D eigenvalue weighted by Crippen LogP contribution is 2.36. The van der Waals surface area contributed by atoms with Crippen molar-refractivity contribution in [2.75, 3.05) is 11.9 Å². The Morgan fingerprint density at radius 2 is 2.00 bits per heavy atom. The molecule has 2 fully saturated rings. The number of ether oxygens (including phenoxy) is 1. The predicted molar refractivity (Wildman–Crippen MR) is 84.5 cm³/mol. The predicted octanol–water partition coefficient (Wildman–Crippen LogP) is 4.20. The van der Waals surface area contributed by atoms with Crippen LogP contribution in [-0.2, 0) is 4.74 Å². The zero-order valence-electron chi connectivity index (χ0n) is 13.3. The molecular weight excluding hydrogens is 262 g/mol. The maximum absolute atomic E-state index is 5.97. The topological polar surface area (TPSA) is 47.0 Å². The average molecular weight is 289 g/mol. The summed E-state index contributed by atoms with van der Waals surface area (Å²) in [6, 6.07) is 2.16. The Labute approximate surface area is 127 Å². The molecule has 116 valence electrons. The van der Waals surface area contributed by atoms with Crippen molar-refractivity contribution in [2.24, 2.45) is 0 Å². The van der Waals surface area contributed by atoms with Crippen molar-refractivity contribution in [3.63, 3.8) is 0 Å². The Morgan fingerprint density at radius 1 is 1.19 bits per heavy atom.